The van der Waals surface area contributed by atoms with Gasteiger partial charge < -0.3 is 10.4 Å². The molecule has 0 saturated heterocycles. The number of carbonyl (C=O) groups is 2. The molecule has 0 bridgehead atoms. The Balaban J connectivity index is 2.87. The van der Waals surface area contributed by atoms with Gasteiger partial charge in [-0.1, -0.05) is 19.4 Å². The smallest absolute Gasteiger partial charge is 0.326 e. The molecular weight excluding hydrogens is 305 g/mol. The molecule has 1 atom stereocenters. The SMILES string of the molecule is CCC[C@@H](NC(=O)c1cccc(Br)c1F)C(=O)O. The second kappa shape index (κ2) is 6.49. The zero-order valence-electron chi connectivity index (χ0n) is 9.74. The van der Waals surface area contributed by atoms with Crippen LogP contribution in [0, 0.1) is 5.82 Å². The molecule has 0 aromatic heterocycles. The highest BCUT2D eigenvalue weighted by Crippen LogP contribution is 2.18. The fraction of sp³-hybridized carbons (Fsp3) is 0.333. The van der Waals surface area contributed by atoms with Crippen LogP contribution in [0.5, 0.6) is 0 Å². The first-order valence-corrected chi connectivity index (χ1v) is 6.24. The van der Waals surface area contributed by atoms with E-state index in [4.69, 9.17) is 5.11 Å². The molecule has 0 aliphatic heterocycles. The molecule has 0 heterocycles. The van der Waals surface area contributed by atoms with Crippen molar-refractivity contribution in [3.8, 4) is 0 Å². The quantitative estimate of drug-likeness (QED) is 0.877. The topological polar surface area (TPSA) is 66.4 Å². The molecule has 1 rings (SSSR count). The fourth-order valence-electron chi connectivity index (χ4n) is 1.46. The first-order chi connectivity index (χ1) is 8.47. The monoisotopic (exact) mass is 317 g/mol. The second-order valence-corrected chi connectivity index (χ2v) is 4.61. The molecule has 1 aromatic carbocycles. The number of halogens is 2. The van der Waals surface area contributed by atoms with Crippen molar-refractivity contribution in [1.29, 1.82) is 0 Å². The number of carbonyl (C=O) groups excluding carboxylic acids is 1. The fourth-order valence-corrected chi connectivity index (χ4v) is 1.83. The molecule has 1 amide bonds. The summed E-state index contributed by atoms with van der Waals surface area (Å²) in [7, 11) is 0. The number of nitrogens with one attached hydrogen (secondary N) is 1. The Hall–Kier alpha value is -1.43. The Bertz CT molecular complexity index is 465. The highest BCUT2D eigenvalue weighted by atomic mass is 79.9. The summed E-state index contributed by atoms with van der Waals surface area (Å²) in [5.74, 6) is -2.55. The summed E-state index contributed by atoms with van der Waals surface area (Å²) < 4.78 is 13.8. The standard InChI is InChI=1S/C12H13BrFNO3/c1-2-4-9(12(17)18)15-11(16)7-5-3-6-8(13)10(7)14/h3,5-6,9H,2,4H2,1H3,(H,15,16)(H,17,18)/t9-/m1/s1. The van der Waals surface area contributed by atoms with Gasteiger partial charge >= 0.3 is 5.97 Å². The van der Waals surface area contributed by atoms with Crippen molar-refractivity contribution < 1.29 is 19.1 Å². The minimum absolute atomic E-state index is 0.164. The lowest BCUT2D eigenvalue weighted by atomic mass is 10.1. The summed E-state index contributed by atoms with van der Waals surface area (Å²) in [5, 5.41) is 11.2. The van der Waals surface area contributed by atoms with Crippen LogP contribution >= 0.6 is 15.9 Å². The molecule has 4 nitrogen and oxygen atoms in total. The molecule has 6 heteroatoms. The van der Waals surface area contributed by atoms with Gasteiger partial charge in [-0.2, -0.15) is 0 Å². The molecule has 0 aliphatic carbocycles. The van der Waals surface area contributed by atoms with Gasteiger partial charge in [-0.3, -0.25) is 4.79 Å². The van der Waals surface area contributed by atoms with E-state index in [1.165, 1.54) is 18.2 Å². The normalized spacial score (nSPS) is 11.9. The summed E-state index contributed by atoms with van der Waals surface area (Å²) in [6.07, 6.45) is 0.912. The van der Waals surface area contributed by atoms with Crippen LogP contribution in [-0.2, 0) is 4.79 Å². The van der Waals surface area contributed by atoms with Crippen molar-refractivity contribution in [2.45, 2.75) is 25.8 Å². The average Bonchev–Trinajstić information content (AvgIpc) is 2.31. The Morgan fingerprint density at radius 1 is 1.50 bits per heavy atom. The van der Waals surface area contributed by atoms with Gasteiger partial charge in [-0.15, -0.1) is 0 Å². The third kappa shape index (κ3) is 3.53. The van der Waals surface area contributed by atoms with Crippen LogP contribution in [0.15, 0.2) is 22.7 Å². The van der Waals surface area contributed by atoms with E-state index in [0.717, 1.165) is 0 Å². The Morgan fingerprint density at radius 2 is 2.17 bits per heavy atom. The summed E-state index contributed by atoms with van der Waals surface area (Å²) in [4.78, 5) is 22.7. The number of hydrogen-bond donors (Lipinski definition) is 2. The number of carboxylic acid groups (broad SMARTS) is 1. The lowest BCUT2D eigenvalue weighted by molar-refractivity contribution is -0.139. The molecule has 1 aromatic rings. The minimum atomic E-state index is -1.12. The predicted molar refractivity (Wildman–Crippen MR) is 67.9 cm³/mol. The summed E-state index contributed by atoms with van der Waals surface area (Å²) in [5.41, 5.74) is -0.174. The van der Waals surface area contributed by atoms with Crippen molar-refractivity contribution in [3.05, 3.63) is 34.1 Å². The number of carboxylic acids is 1. The average molecular weight is 318 g/mol. The molecule has 2 N–H and O–H groups in total. The molecule has 0 spiro atoms. The zero-order chi connectivity index (χ0) is 13.7. The molecule has 0 aliphatic rings. The second-order valence-electron chi connectivity index (χ2n) is 3.75. The maximum atomic E-state index is 13.6. The van der Waals surface area contributed by atoms with Gasteiger partial charge in [0.15, 0.2) is 0 Å². The third-order valence-corrected chi connectivity index (χ3v) is 2.99. The van der Waals surface area contributed by atoms with Crippen LogP contribution in [0.2, 0.25) is 0 Å². The van der Waals surface area contributed by atoms with E-state index in [0.29, 0.717) is 12.8 Å². The van der Waals surface area contributed by atoms with Gasteiger partial charge in [0.25, 0.3) is 5.91 Å². The molecule has 0 radical (unpaired) electrons. The number of aliphatic carboxylic acids is 1. The van der Waals surface area contributed by atoms with Crippen molar-refractivity contribution >= 4 is 27.8 Å². The zero-order valence-corrected chi connectivity index (χ0v) is 11.3. The molecule has 18 heavy (non-hydrogen) atoms. The van der Waals surface area contributed by atoms with E-state index in [1.54, 1.807) is 0 Å². The van der Waals surface area contributed by atoms with Crippen molar-refractivity contribution in [1.82, 2.24) is 5.32 Å². The molecule has 0 unspecified atom stereocenters. The summed E-state index contributed by atoms with van der Waals surface area (Å²) in [6.45, 7) is 1.81. The van der Waals surface area contributed by atoms with E-state index in [2.05, 4.69) is 21.2 Å². The van der Waals surface area contributed by atoms with E-state index in [1.807, 2.05) is 6.92 Å². The van der Waals surface area contributed by atoms with Gasteiger partial charge in [-0.05, 0) is 34.5 Å². The largest absolute Gasteiger partial charge is 0.480 e. The van der Waals surface area contributed by atoms with Gasteiger partial charge in [0.05, 0.1) is 10.0 Å². The van der Waals surface area contributed by atoms with E-state index >= 15 is 0 Å². The third-order valence-electron chi connectivity index (χ3n) is 2.38. The first-order valence-electron chi connectivity index (χ1n) is 5.45. The van der Waals surface area contributed by atoms with Gasteiger partial charge in [0, 0.05) is 0 Å². The molecule has 98 valence electrons. The predicted octanol–water partition coefficient (Wildman–Crippen LogP) is 2.57. The van der Waals surface area contributed by atoms with Crippen LogP contribution in [0.1, 0.15) is 30.1 Å². The van der Waals surface area contributed by atoms with E-state index in [-0.39, 0.29) is 10.0 Å². The molecular formula is C12H13BrFNO3. The molecule has 0 saturated carbocycles. The number of benzene rings is 1. The van der Waals surface area contributed by atoms with Crippen LogP contribution in [0.4, 0.5) is 4.39 Å². The van der Waals surface area contributed by atoms with Crippen molar-refractivity contribution in [2.24, 2.45) is 0 Å². The highest BCUT2D eigenvalue weighted by molar-refractivity contribution is 9.10. The highest BCUT2D eigenvalue weighted by Gasteiger charge is 2.21. The Labute approximate surface area is 112 Å². The van der Waals surface area contributed by atoms with E-state index < -0.39 is 23.7 Å². The van der Waals surface area contributed by atoms with Crippen LogP contribution < -0.4 is 5.32 Å². The molecule has 0 fully saturated rings. The van der Waals surface area contributed by atoms with E-state index in [9.17, 15) is 14.0 Å². The van der Waals surface area contributed by atoms with Crippen LogP contribution in [0.3, 0.4) is 0 Å². The van der Waals surface area contributed by atoms with Crippen LogP contribution in [-0.4, -0.2) is 23.0 Å². The summed E-state index contributed by atoms with van der Waals surface area (Å²) in [6, 6.07) is 3.28. The van der Waals surface area contributed by atoms with Gasteiger partial charge in [0.2, 0.25) is 0 Å². The number of rotatable bonds is 5. The van der Waals surface area contributed by atoms with Crippen molar-refractivity contribution in [3.63, 3.8) is 0 Å². The lowest BCUT2D eigenvalue weighted by Gasteiger charge is -2.14. The lowest BCUT2D eigenvalue weighted by Crippen LogP contribution is -2.41. The first kappa shape index (κ1) is 14.6. The summed E-state index contributed by atoms with van der Waals surface area (Å²) >= 11 is 2.97. The van der Waals surface area contributed by atoms with Gasteiger partial charge in [0.1, 0.15) is 11.9 Å². The van der Waals surface area contributed by atoms with Gasteiger partial charge in [-0.25, -0.2) is 9.18 Å². The maximum Gasteiger partial charge on any atom is 0.326 e. The maximum absolute atomic E-state index is 13.6. The van der Waals surface area contributed by atoms with Crippen LogP contribution in [0.25, 0.3) is 0 Å². The number of hydrogen-bond acceptors (Lipinski definition) is 2. The van der Waals surface area contributed by atoms with Crippen molar-refractivity contribution in [2.75, 3.05) is 0 Å². The Kier molecular flexibility index (Phi) is 5.27. The minimum Gasteiger partial charge on any atom is -0.480 e. The Morgan fingerprint density at radius 3 is 2.72 bits per heavy atom. The number of amides is 1.